The smallest absolute Gasteiger partial charge is 0.223 e. The van der Waals surface area contributed by atoms with Gasteiger partial charge in [0, 0.05) is 26.0 Å². The summed E-state index contributed by atoms with van der Waals surface area (Å²) in [7, 11) is 0. The highest BCUT2D eigenvalue weighted by Gasteiger charge is 2.16. The van der Waals surface area contributed by atoms with E-state index in [-0.39, 0.29) is 11.2 Å². The molecule has 0 fully saturated rings. The van der Waals surface area contributed by atoms with Crippen LogP contribution in [0.25, 0.3) is 11.0 Å². The van der Waals surface area contributed by atoms with E-state index in [0.717, 1.165) is 5.52 Å². The van der Waals surface area contributed by atoms with Crippen molar-refractivity contribution >= 4 is 22.6 Å². The number of alkyl halides is 1. The Labute approximate surface area is 125 Å². The fourth-order valence-electron chi connectivity index (χ4n) is 2.31. The minimum Gasteiger partial charge on any atom is -0.340 e. The summed E-state index contributed by atoms with van der Waals surface area (Å²) in [6, 6.07) is 4.54. The molecule has 0 amide bonds. The van der Waals surface area contributed by atoms with Gasteiger partial charge in [-0.05, 0) is 19.1 Å². The number of halogens is 2. The first-order valence-electron chi connectivity index (χ1n) is 6.63. The normalized spacial score (nSPS) is 13.0. The Morgan fingerprint density at radius 1 is 1.38 bits per heavy atom. The minimum atomic E-state index is -0.310. The van der Waals surface area contributed by atoms with Gasteiger partial charge in [-0.15, -0.1) is 11.6 Å². The average molecular weight is 309 g/mol. The third-order valence-corrected chi connectivity index (χ3v) is 3.42. The van der Waals surface area contributed by atoms with E-state index in [1.165, 1.54) is 12.1 Å². The van der Waals surface area contributed by atoms with E-state index < -0.39 is 0 Å². The average Bonchev–Trinajstić information content (AvgIpc) is 2.99. The molecule has 21 heavy (non-hydrogen) atoms. The van der Waals surface area contributed by atoms with Crippen LogP contribution >= 0.6 is 11.6 Å². The van der Waals surface area contributed by atoms with Crippen LogP contribution in [0.15, 0.2) is 22.7 Å². The van der Waals surface area contributed by atoms with Crippen LogP contribution in [0.1, 0.15) is 29.8 Å². The van der Waals surface area contributed by atoms with Crippen LogP contribution in [0.2, 0.25) is 0 Å². The zero-order chi connectivity index (χ0) is 15.0. The summed E-state index contributed by atoms with van der Waals surface area (Å²) in [5.74, 6) is 1.56. The van der Waals surface area contributed by atoms with Crippen LogP contribution in [-0.2, 0) is 13.0 Å². The molecule has 1 atom stereocenters. The summed E-state index contributed by atoms with van der Waals surface area (Å²) in [5.41, 5.74) is 1.45. The molecule has 0 aliphatic heterocycles. The molecule has 1 aromatic carbocycles. The second-order valence-electron chi connectivity index (χ2n) is 4.85. The molecule has 2 aromatic heterocycles. The van der Waals surface area contributed by atoms with E-state index in [9.17, 15) is 4.39 Å². The first kappa shape index (κ1) is 14.0. The third-order valence-electron chi connectivity index (χ3n) is 3.22. The Morgan fingerprint density at radius 2 is 2.19 bits per heavy atom. The molecule has 0 saturated heterocycles. The Morgan fingerprint density at radius 3 is 2.86 bits per heavy atom. The van der Waals surface area contributed by atoms with Crippen molar-refractivity contribution < 1.29 is 8.91 Å². The van der Waals surface area contributed by atoms with Gasteiger partial charge >= 0.3 is 0 Å². The molecule has 0 bridgehead atoms. The summed E-state index contributed by atoms with van der Waals surface area (Å²) in [6.45, 7) is 4.19. The first-order valence-corrected chi connectivity index (χ1v) is 7.07. The Kier molecular flexibility index (Phi) is 3.63. The monoisotopic (exact) mass is 308 g/mol. The highest BCUT2D eigenvalue weighted by Crippen LogP contribution is 2.25. The molecule has 7 heteroatoms. The van der Waals surface area contributed by atoms with Gasteiger partial charge in [0.2, 0.25) is 5.89 Å². The molecule has 0 aliphatic rings. The Balaban J connectivity index is 1.97. The third kappa shape index (κ3) is 2.76. The quantitative estimate of drug-likeness (QED) is 0.693. The summed E-state index contributed by atoms with van der Waals surface area (Å²) in [5, 5.41) is 3.60. The van der Waals surface area contributed by atoms with Crippen LogP contribution in [0, 0.1) is 12.7 Å². The van der Waals surface area contributed by atoms with Crippen LogP contribution < -0.4 is 0 Å². The molecular weight excluding hydrogens is 295 g/mol. The summed E-state index contributed by atoms with van der Waals surface area (Å²) < 4.78 is 20.2. The SMILES string of the molecule is Cc1nc(CCn2c(C(C)Cl)nc3cc(F)ccc32)no1. The lowest BCUT2D eigenvalue weighted by molar-refractivity contribution is 0.386. The standard InChI is InChI=1S/C14H14ClFN4O/c1-8(15)14-18-11-7-10(16)3-4-12(11)20(14)6-5-13-17-9(2)21-19-13/h3-4,7-8H,5-6H2,1-2H3. The van der Waals surface area contributed by atoms with Gasteiger partial charge in [-0.1, -0.05) is 5.16 Å². The van der Waals surface area contributed by atoms with Gasteiger partial charge in [0.1, 0.15) is 11.6 Å². The number of fused-ring (bicyclic) bond motifs is 1. The number of aryl methyl sites for hydroxylation is 3. The number of hydrogen-bond donors (Lipinski definition) is 0. The van der Waals surface area contributed by atoms with Crippen molar-refractivity contribution in [3.05, 3.63) is 41.6 Å². The summed E-state index contributed by atoms with van der Waals surface area (Å²) in [6.07, 6.45) is 0.594. The van der Waals surface area contributed by atoms with E-state index >= 15 is 0 Å². The number of nitrogens with zero attached hydrogens (tertiary/aromatic N) is 4. The molecule has 5 nitrogen and oxygen atoms in total. The van der Waals surface area contributed by atoms with E-state index in [0.29, 0.717) is 36.0 Å². The number of imidazole rings is 1. The molecule has 110 valence electrons. The molecule has 3 aromatic rings. The van der Waals surface area contributed by atoms with Gasteiger partial charge in [0.05, 0.1) is 16.4 Å². The second kappa shape index (κ2) is 5.44. The van der Waals surface area contributed by atoms with E-state index in [1.807, 2.05) is 11.5 Å². The van der Waals surface area contributed by atoms with Crippen molar-refractivity contribution in [1.29, 1.82) is 0 Å². The van der Waals surface area contributed by atoms with Gasteiger partial charge in [-0.25, -0.2) is 9.37 Å². The molecule has 0 radical (unpaired) electrons. The van der Waals surface area contributed by atoms with Gasteiger partial charge in [0.25, 0.3) is 0 Å². The number of rotatable bonds is 4. The second-order valence-corrected chi connectivity index (χ2v) is 5.50. The van der Waals surface area contributed by atoms with Crippen molar-refractivity contribution in [3.63, 3.8) is 0 Å². The lowest BCUT2D eigenvalue weighted by Gasteiger charge is -2.09. The Bertz CT molecular complexity index is 780. The first-order chi connectivity index (χ1) is 10.0. The van der Waals surface area contributed by atoms with Crippen molar-refractivity contribution in [1.82, 2.24) is 19.7 Å². The van der Waals surface area contributed by atoms with Crippen LogP contribution in [0.5, 0.6) is 0 Å². The molecule has 0 saturated carbocycles. The summed E-state index contributed by atoms with van der Waals surface area (Å²) >= 11 is 6.18. The van der Waals surface area contributed by atoms with Crippen molar-refractivity contribution in [2.45, 2.75) is 32.2 Å². The fraction of sp³-hybridized carbons (Fsp3) is 0.357. The maximum atomic E-state index is 13.3. The van der Waals surface area contributed by atoms with Gasteiger partial charge in [-0.2, -0.15) is 4.98 Å². The number of aromatic nitrogens is 4. The largest absolute Gasteiger partial charge is 0.340 e. The lowest BCUT2D eigenvalue weighted by Crippen LogP contribution is -2.07. The zero-order valence-corrected chi connectivity index (χ0v) is 12.4. The van der Waals surface area contributed by atoms with Crippen LogP contribution in [0.4, 0.5) is 4.39 Å². The number of benzene rings is 1. The predicted molar refractivity (Wildman–Crippen MR) is 76.7 cm³/mol. The minimum absolute atomic E-state index is 0.271. The van der Waals surface area contributed by atoms with Gasteiger partial charge in [0.15, 0.2) is 5.82 Å². The van der Waals surface area contributed by atoms with Gasteiger partial charge in [-0.3, -0.25) is 0 Å². The van der Waals surface area contributed by atoms with E-state index in [1.54, 1.807) is 13.0 Å². The van der Waals surface area contributed by atoms with Crippen molar-refractivity contribution in [3.8, 4) is 0 Å². The topological polar surface area (TPSA) is 56.7 Å². The van der Waals surface area contributed by atoms with Crippen molar-refractivity contribution in [2.75, 3.05) is 0 Å². The molecule has 0 N–H and O–H groups in total. The molecule has 1 unspecified atom stereocenters. The van der Waals surface area contributed by atoms with E-state index in [4.69, 9.17) is 16.1 Å². The highest BCUT2D eigenvalue weighted by molar-refractivity contribution is 6.20. The van der Waals surface area contributed by atoms with Crippen molar-refractivity contribution in [2.24, 2.45) is 0 Å². The van der Waals surface area contributed by atoms with Crippen LogP contribution in [0.3, 0.4) is 0 Å². The molecule has 3 rings (SSSR count). The Hall–Kier alpha value is -1.95. The molecule has 0 aliphatic carbocycles. The lowest BCUT2D eigenvalue weighted by atomic mass is 10.3. The molecule has 0 spiro atoms. The zero-order valence-electron chi connectivity index (χ0n) is 11.7. The van der Waals surface area contributed by atoms with E-state index in [2.05, 4.69) is 15.1 Å². The maximum Gasteiger partial charge on any atom is 0.223 e. The maximum absolute atomic E-state index is 13.3. The number of hydrogen-bond acceptors (Lipinski definition) is 4. The molecule has 2 heterocycles. The highest BCUT2D eigenvalue weighted by atomic mass is 35.5. The fourth-order valence-corrected chi connectivity index (χ4v) is 2.48. The molecular formula is C14H14ClFN4O. The van der Waals surface area contributed by atoms with Crippen LogP contribution in [-0.4, -0.2) is 19.7 Å². The summed E-state index contributed by atoms with van der Waals surface area (Å²) in [4.78, 5) is 8.59. The predicted octanol–water partition coefficient (Wildman–Crippen LogP) is 3.41. The van der Waals surface area contributed by atoms with Gasteiger partial charge < -0.3 is 9.09 Å².